The van der Waals surface area contributed by atoms with Crippen LogP contribution in [-0.4, -0.2) is 28.8 Å². The molecule has 0 aliphatic heterocycles. The van der Waals surface area contributed by atoms with Gasteiger partial charge in [-0.2, -0.15) is 5.26 Å². The zero-order chi connectivity index (χ0) is 15.4. The standard InChI is InChI=1S/C16H25ClN2O/c1-10(2)19(7-6-18)16(20)15(17)14-9-11(3)8-12(4)13(14)5/h9-10,12-15H,7-8H2,1-5H3. The van der Waals surface area contributed by atoms with Gasteiger partial charge >= 0.3 is 0 Å². The minimum absolute atomic E-state index is 0.00945. The fourth-order valence-corrected chi connectivity index (χ4v) is 3.31. The lowest BCUT2D eigenvalue weighted by molar-refractivity contribution is -0.132. The molecule has 20 heavy (non-hydrogen) atoms. The van der Waals surface area contributed by atoms with Gasteiger partial charge in [-0.3, -0.25) is 4.79 Å². The highest BCUT2D eigenvalue weighted by Crippen LogP contribution is 2.37. The highest BCUT2D eigenvalue weighted by molar-refractivity contribution is 6.31. The van der Waals surface area contributed by atoms with E-state index in [1.807, 2.05) is 19.9 Å². The number of nitrogens with zero attached hydrogens (tertiary/aromatic N) is 2. The molecule has 1 amide bonds. The molecule has 0 N–H and O–H groups in total. The van der Waals surface area contributed by atoms with Crippen molar-refractivity contribution >= 4 is 17.5 Å². The minimum atomic E-state index is -0.585. The van der Waals surface area contributed by atoms with Gasteiger partial charge in [-0.15, -0.1) is 11.6 Å². The van der Waals surface area contributed by atoms with Crippen LogP contribution in [0.25, 0.3) is 0 Å². The molecule has 0 saturated heterocycles. The van der Waals surface area contributed by atoms with Crippen molar-refractivity contribution in [1.82, 2.24) is 4.90 Å². The second-order valence-electron chi connectivity index (χ2n) is 6.25. The summed E-state index contributed by atoms with van der Waals surface area (Å²) in [6, 6.07) is 2.04. The SMILES string of the molecule is CC1=CC(C(Cl)C(=O)N(CC#N)C(C)C)C(C)C(C)C1. The van der Waals surface area contributed by atoms with Crippen molar-refractivity contribution in [3.05, 3.63) is 11.6 Å². The fraction of sp³-hybridized carbons (Fsp3) is 0.750. The monoisotopic (exact) mass is 296 g/mol. The van der Waals surface area contributed by atoms with E-state index in [2.05, 4.69) is 26.8 Å². The van der Waals surface area contributed by atoms with Crippen LogP contribution in [0, 0.1) is 29.1 Å². The van der Waals surface area contributed by atoms with Crippen LogP contribution in [-0.2, 0) is 4.79 Å². The number of rotatable bonds is 4. The van der Waals surface area contributed by atoms with Crippen LogP contribution in [0.15, 0.2) is 11.6 Å². The number of allylic oxidation sites excluding steroid dienone is 2. The average Bonchev–Trinajstić information content (AvgIpc) is 2.38. The normalized spacial score (nSPS) is 27.7. The van der Waals surface area contributed by atoms with Gasteiger partial charge in [-0.25, -0.2) is 0 Å². The van der Waals surface area contributed by atoms with E-state index in [0.717, 1.165) is 6.42 Å². The first-order valence-electron chi connectivity index (χ1n) is 7.28. The number of carbonyl (C=O) groups is 1. The summed E-state index contributed by atoms with van der Waals surface area (Å²) in [6.45, 7) is 10.4. The van der Waals surface area contributed by atoms with Crippen molar-refractivity contribution in [3.63, 3.8) is 0 Å². The van der Waals surface area contributed by atoms with Crippen LogP contribution in [0.5, 0.6) is 0 Å². The van der Waals surface area contributed by atoms with E-state index in [9.17, 15) is 4.79 Å². The Morgan fingerprint density at radius 2 is 2.15 bits per heavy atom. The summed E-state index contributed by atoms with van der Waals surface area (Å²) in [5.41, 5.74) is 1.30. The molecule has 112 valence electrons. The number of hydrogen-bond acceptors (Lipinski definition) is 2. The van der Waals surface area contributed by atoms with E-state index in [-0.39, 0.29) is 24.4 Å². The van der Waals surface area contributed by atoms with Gasteiger partial charge in [0.25, 0.3) is 0 Å². The molecule has 1 rings (SSSR count). The third-order valence-corrected chi connectivity index (χ3v) is 4.82. The average molecular weight is 297 g/mol. The molecule has 1 aliphatic carbocycles. The predicted molar refractivity (Wildman–Crippen MR) is 82.3 cm³/mol. The van der Waals surface area contributed by atoms with E-state index < -0.39 is 5.38 Å². The summed E-state index contributed by atoms with van der Waals surface area (Å²) >= 11 is 6.46. The molecule has 4 atom stereocenters. The van der Waals surface area contributed by atoms with Crippen molar-refractivity contribution in [2.75, 3.05) is 6.54 Å². The Labute approximate surface area is 127 Å². The number of alkyl halides is 1. The van der Waals surface area contributed by atoms with Crippen LogP contribution in [0.3, 0.4) is 0 Å². The van der Waals surface area contributed by atoms with Crippen LogP contribution < -0.4 is 0 Å². The van der Waals surface area contributed by atoms with Gasteiger partial charge in [0.1, 0.15) is 11.9 Å². The second-order valence-corrected chi connectivity index (χ2v) is 6.72. The first-order valence-corrected chi connectivity index (χ1v) is 7.72. The van der Waals surface area contributed by atoms with Gasteiger partial charge in [-0.1, -0.05) is 25.5 Å². The van der Waals surface area contributed by atoms with E-state index in [0.29, 0.717) is 11.8 Å². The molecule has 0 radical (unpaired) electrons. The Morgan fingerprint density at radius 3 is 2.65 bits per heavy atom. The number of carbonyl (C=O) groups excluding carboxylic acids is 1. The van der Waals surface area contributed by atoms with E-state index in [1.54, 1.807) is 4.90 Å². The summed E-state index contributed by atoms with van der Waals surface area (Å²) in [5.74, 6) is 0.829. The number of nitriles is 1. The largest absolute Gasteiger partial charge is 0.326 e. The molecule has 0 fully saturated rings. The molecule has 3 nitrogen and oxygen atoms in total. The Hall–Kier alpha value is -1.01. The Balaban J connectivity index is 2.92. The topological polar surface area (TPSA) is 44.1 Å². The number of hydrogen-bond donors (Lipinski definition) is 0. The maximum absolute atomic E-state index is 12.5. The maximum Gasteiger partial charge on any atom is 0.242 e. The van der Waals surface area contributed by atoms with Gasteiger partial charge in [0.15, 0.2) is 0 Å². The van der Waals surface area contributed by atoms with Crippen LogP contribution in [0.2, 0.25) is 0 Å². The van der Waals surface area contributed by atoms with Crippen LogP contribution >= 0.6 is 11.6 Å². The third-order valence-electron chi connectivity index (χ3n) is 4.35. The fourth-order valence-electron chi connectivity index (χ4n) is 2.89. The summed E-state index contributed by atoms with van der Waals surface area (Å²) in [4.78, 5) is 14.1. The Morgan fingerprint density at radius 1 is 1.55 bits per heavy atom. The van der Waals surface area contributed by atoms with Gasteiger partial charge in [0, 0.05) is 12.0 Å². The van der Waals surface area contributed by atoms with Crippen LogP contribution in [0.1, 0.15) is 41.0 Å². The van der Waals surface area contributed by atoms with E-state index >= 15 is 0 Å². The molecule has 0 saturated carbocycles. The van der Waals surface area contributed by atoms with Gasteiger partial charge in [-0.05, 0) is 39.0 Å². The van der Waals surface area contributed by atoms with Crippen LogP contribution in [0.4, 0.5) is 0 Å². The highest BCUT2D eigenvalue weighted by atomic mass is 35.5. The number of halogens is 1. The lowest BCUT2D eigenvalue weighted by atomic mass is 9.73. The number of amides is 1. The molecular weight excluding hydrogens is 272 g/mol. The van der Waals surface area contributed by atoms with Crippen molar-refractivity contribution < 1.29 is 4.79 Å². The smallest absolute Gasteiger partial charge is 0.242 e. The quantitative estimate of drug-likeness (QED) is 0.452. The Bertz CT molecular complexity index is 425. The molecule has 0 spiro atoms. The van der Waals surface area contributed by atoms with Crippen molar-refractivity contribution in [3.8, 4) is 6.07 Å². The Kier molecular flexibility index (Phi) is 6.07. The molecule has 4 heteroatoms. The molecule has 0 aromatic rings. The predicted octanol–water partition coefficient (Wildman–Crippen LogP) is 3.59. The van der Waals surface area contributed by atoms with E-state index in [4.69, 9.17) is 16.9 Å². The zero-order valence-electron chi connectivity index (χ0n) is 13.1. The molecule has 4 unspecified atom stereocenters. The molecule has 0 aromatic heterocycles. The van der Waals surface area contributed by atoms with Gasteiger partial charge in [0.2, 0.25) is 5.91 Å². The second kappa shape index (κ2) is 7.13. The van der Waals surface area contributed by atoms with Crippen molar-refractivity contribution in [2.24, 2.45) is 17.8 Å². The summed E-state index contributed by atoms with van der Waals surface area (Å²) < 4.78 is 0. The summed E-state index contributed by atoms with van der Waals surface area (Å²) in [5, 5.41) is 8.28. The lowest BCUT2D eigenvalue weighted by Crippen LogP contribution is -2.46. The van der Waals surface area contributed by atoms with E-state index in [1.165, 1.54) is 5.57 Å². The molecule has 0 heterocycles. The van der Waals surface area contributed by atoms with Crippen molar-refractivity contribution in [1.29, 1.82) is 5.26 Å². The van der Waals surface area contributed by atoms with Gasteiger partial charge in [0.05, 0.1) is 6.07 Å². The van der Waals surface area contributed by atoms with Gasteiger partial charge < -0.3 is 4.90 Å². The zero-order valence-corrected chi connectivity index (χ0v) is 13.8. The maximum atomic E-state index is 12.5. The van der Waals surface area contributed by atoms with Crippen molar-refractivity contribution in [2.45, 2.75) is 52.5 Å². The summed E-state index contributed by atoms with van der Waals surface area (Å²) in [6.07, 6.45) is 3.21. The first-order chi connectivity index (χ1) is 9.29. The molecule has 0 aromatic carbocycles. The highest BCUT2D eigenvalue weighted by Gasteiger charge is 2.36. The molecule has 1 aliphatic rings. The minimum Gasteiger partial charge on any atom is -0.326 e. The molecular formula is C16H25ClN2O. The summed E-state index contributed by atoms with van der Waals surface area (Å²) in [7, 11) is 0. The lowest BCUT2D eigenvalue weighted by Gasteiger charge is -2.36. The third kappa shape index (κ3) is 3.76. The molecule has 0 bridgehead atoms. The first kappa shape index (κ1) is 17.0.